The summed E-state index contributed by atoms with van der Waals surface area (Å²) in [5.74, 6) is 0. The van der Waals surface area contributed by atoms with E-state index in [1.54, 1.807) is 0 Å². The molecule has 0 heterocycles. The number of hydrogen-bond acceptors (Lipinski definition) is 1. The van der Waals surface area contributed by atoms with Crippen molar-refractivity contribution in [3.63, 3.8) is 0 Å². The molecule has 2 N–H and O–H groups in total. The maximum Gasteiger partial charge on any atom is 0.416 e. The first-order valence-corrected chi connectivity index (χ1v) is 4.44. The molecular weight excluding hydrogens is 191 g/mol. The van der Waals surface area contributed by atoms with E-state index in [2.05, 4.69) is 0 Å². The van der Waals surface area contributed by atoms with Crippen LogP contribution in [0.2, 0.25) is 0 Å². The standard InChI is InChI=1S/C10H10F3N/c11-10(12,13)7-2-3-8-6(5-7)1-4-9(8)14/h2-3,5,9H,1,4,14H2/t9-/m1/s1. The number of hydrogen-bond donors (Lipinski definition) is 1. The first kappa shape index (κ1) is 9.52. The Bertz CT molecular complexity index is 357. The van der Waals surface area contributed by atoms with E-state index in [1.165, 1.54) is 12.1 Å². The Balaban J connectivity index is 2.42. The zero-order valence-corrected chi connectivity index (χ0v) is 7.43. The second-order valence-corrected chi connectivity index (χ2v) is 3.56. The molecule has 76 valence electrons. The third kappa shape index (κ3) is 1.50. The summed E-state index contributed by atoms with van der Waals surface area (Å²) in [5, 5.41) is 0. The first-order chi connectivity index (χ1) is 6.48. The lowest BCUT2D eigenvalue weighted by atomic mass is 10.0. The highest BCUT2D eigenvalue weighted by molar-refractivity contribution is 5.38. The topological polar surface area (TPSA) is 26.0 Å². The maximum atomic E-state index is 12.3. The molecule has 0 aliphatic heterocycles. The van der Waals surface area contributed by atoms with Crippen LogP contribution in [0.1, 0.15) is 29.2 Å². The maximum absolute atomic E-state index is 12.3. The monoisotopic (exact) mass is 201 g/mol. The highest BCUT2D eigenvalue weighted by atomic mass is 19.4. The van der Waals surface area contributed by atoms with Crippen molar-refractivity contribution in [2.45, 2.75) is 25.1 Å². The lowest BCUT2D eigenvalue weighted by Crippen LogP contribution is -2.08. The second kappa shape index (κ2) is 2.98. The quantitative estimate of drug-likeness (QED) is 0.686. The number of benzene rings is 1. The Morgan fingerprint density at radius 3 is 2.64 bits per heavy atom. The Kier molecular flexibility index (Phi) is 2.03. The van der Waals surface area contributed by atoms with Crippen LogP contribution in [0.25, 0.3) is 0 Å². The van der Waals surface area contributed by atoms with Crippen molar-refractivity contribution in [1.29, 1.82) is 0 Å². The van der Waals surface area contributed by atoms with Gasteiger partial charge in [0.05, 0.1) is 5.56 Å². The normalized spacial score (nSPS) is 21.0. The fraction of sp³-hybridized carbons (Fsp3) is 0.400. The molecule has 14 heavy (non-hydrogen) atoms. The lowest BCUT2D eigenvalue weighted by Gasteiger charge is -2.09. The minimum atomic E-state index is -4.25. The van der Waals surface area contributed by atoms with E-state index in [0.717, 1.165) is 23.6 Å². The van der Waals surface area contributed by atoms with Gasteiger partial charge in [-0.05, 0) is 36.1 Å². The number of nitrogens with two attached hydrogens (primary N) is 1. The summed E-state index contributed by atoms with van der Waals surface area (Å²) in [6.45, 7) is 0. The molecule has 0 saturated carbocycles. The Hall–Kier alpha value is -1.03. The Morgan fingerprint density at radius 1 is 1.29 bits per heavy atom. The van der Waals surface area contributed by atoms with Gasteiger partial charge in [0.1, 0.15) is 0 Å². The third-order valence-corrected chi connectivity index (χ3v) is 2.59. The van der Waals surface area contributed by atoms with Gasteiger partial charge in [-0.3, -0.25) is 0 Å². The predicted octanol–water partition coefficient (Wildman–Crippen LogP) is 2.65. The van der Waals surface area contributed by atoms with Gasteiger partial charge >= 0.3 is 6.18 Å². The minimum Gasteiger partial charge on any atom is -0.324 e. The van der Waals surface area contributed by atoms with Crippen molar-refractivity contribution in [3.05, 3.63) is 34.9 Å². The summed E-state index contributed by atoms with van der Waals surface area (Å²) in [6.07, 6.45) is -2.85. The Labute approximate surface area is 79.7 Å². The van der Waals surface area contributed by atoms with Gasteiger partial charge in [0, 0.05) is 6.04 Å². The average Bonchev–Trinajstić information content (AvgIpc) is 2.46. The lowest BCUT2D eigenvalue weighted by molar-refractivity contribution is -0.137. The molecule has 1 aromatic carbocycles. The van der Waals surface area contributed by atoms with Crippen LogP contribution in [0.3, 0.4) is 0 Å². The van der Waals surface area contributed by atoms with Crippen molar-refractivity contribution in [2.24, 2.45) is 5.73 Å². The van der Waals surface area contributed by atoms with E-state index in [1.807, 2.05) is 0 Å². The van der Waals surface area contributed by atoms with E-state index in [0.29, 0.717) is 6.42 Å². The van der Waals surface area contributed by atoms with Crippen LogP contribution in [0.4, 0.5) is 13.2 Å². The van der Waals surface area contributed by atoms with Crippen LogP contribution in [0, 0.1) is 0 Å². The van der Waals surface area contributed by atoms with E-state index in [4.69, 9.17) is 5.73 Å². The SMILES string of the molecule is N[C@@H]1CCc2cc(C(F)(F)F)ccc21. The van der Waals surface area contributed by atoms with Gasteiger partial charge in [0.15, 0.2) is 0 Å². The van der Waals surface area contributed by atoms with Gasteiger partial charge in [-0.1, -0.05) is 6.07 Å². The van der Waals surface area contributed by atoms with Crippen molar-refractivity contribution in [1.82, 2.24) is 0 Å². The molecule has 0 amide bonds. The summed E-state index contributed by atoms with van der Waals surface area (Å²) in [7, 11) is 0. The van der Waals surface area contributed by atoms with Crippen molar-refractivity contribution in [2.75, 3.05) is 0 Å². The molecule has 0 fully saturated rings. The molecule has 0 bridgehead atoms. The van der Waals surface area contributed by atoms with Crippen molar-refractivity contribution >= 4 is 0 Å². The van der Waals surface area contributed by atoms with Crippen LogP contribution in [-0.2, 0) is 12.6 Å². The zero-order valence-electron chi connectivity index (χ0n) is 7.43. The fourth-order valence-corrected chi connectivity index (χ4v) is 1.83. The average molecular weight is 201 g/mol. The van der Waals surface area contributed by atoms with Crippen molar-refractivity contribution < 1.29 is 13.2 Å². The number of alkyl halides is 3. The van der Waals surface area contributed by atoms with Gasteiger partial charge in [-0.15, -0.1) is 0 Å². The molecule has 0 aromatic heterocycles. The summed E-state index contributed by atoms with van der Waals surface area (Å²) in [4.78, 5) is 0. The summed E-state index contributed by atoms with van der Waals surface area (Å²) < 4.78 is 37.0. The van der Waals surface area contributed by atoms with E-state index in [9.17, 15) is 13.2 Å². The van der Waals surface area contributed by atoms with Crippen LogP contribution in [-0.4, -0.2) is 0 Å². The second-order valence-electron chi connectivity index (χ2n) is 3.56. The molecule has 0 unspecified atom stereocenters. The van der Waals surface area contributed by atoms with Crippen LogP contribution >= 0.6 is 0 Å². The van der Waals surface area contributed by atoms with Crippen LogP contribution in [0.5, 0.6) is 0 Å². The molecule has 2 rings (SSSR count). The predicted molar refractivity (Wildman–Crippen MR) is 46.7 cm³/mol. The number of halogens is 3. The molecular formula is C10H10F3N. The molecule has 0 saturated heterocycles. The summed E-state index contributed by atoms with van der Waals surface area (Å²) in [6, 6.07) is 3.72. The Morgan fingerprint density at radius 2 is 2.00 bits per heavy atom. The fourth-order valence-electron chi connectivity index (χ4n) is 1.83. The van der Waals surface area contributed by atoms with E-state index in [-0.39, 0.29) is 6.04 Å². The molecule has 1 aliphatic rings. The summed E-state index contributed by atoms with van der Waals surface area (Å²) in [5.41, 5.74) is 6.75. The van der Waals surface area contributed by atoms with Gasteiger partial charge in [-0.2, -0.15) is 13.2 Å². The largest absolute Gasteiger partial charge is 0.416 e. The highest BCUT2D eigenvalue weighted by Crippen LogP contribution is 2.35. The van der Waals surface area contributed by atoms with Gasteiger partial charge in [0.25, 0.3) is 0 Å². The summed E-state index contributed by atoms with van der Waals surface area (Å²) >= 11 is 0. The van der Waals surface area contributed by atoms with Crippen LogP contribution in [0.15, 0.2) is 18.2 Å². The van der Waals surface area contributed by atoms with Crippen LogP contribution < -0.4 is 5.73 Å². The van der Waals surface area contributed by atoms with Gasteiger partial charge in [-0.25, -0.2) is 0 Å². The highest BCUT2D eigenvalue weighted by Gasteiger charge is 2.32. The van der Waals surface area contributed by atoms with E-state index < -0.39 is 11.7 Å². The molecule has 1 nitrogen and oxygen atoms in total. The van der Waals surface area contributed by atoms with Gasteiger partial charge < -0.3 is 5.73 Å². The minimum absolute atomic E-state index is 0.0905. The first-order valence-electron chi connectivity index (χ1n) is 4.44. The number of rotatable bonds is 0. The van der Waals surface area contributed by atoms with Gasteiger partial charge in [0.2, 0.25) is 0 Å². The molecule has 1 aliphatic carbocycles. The number of aryl methyl sites for hydroxylation is 1. The number of fused-ring (bicyclic) bond motifs is 1. The molecule has 4 heteroatoms. The third-order valence-electron chi connectivity index (χ3n) is 2.59. The van der Waals surface area contributed by atoms with Crippen molar-refractivity contribution in [3.8, 4) is 0 Å². The molecule has 0 radical (unpaired) electrons. The zero-order chi connectivity index (χ0) is 10.3. The van der Waals surface area contributed by atoms with E-state index >= 15 is 0 Å². The molecule has 0 spiro atoms. The molecule has 1 aromatic rings. The smallest absolute Gasteiger partial charge is 0.324 e. The molecule has 1 atom stereocenters.